The minimum Gasteiger partial charge on any atom is -0.355 e. The first-order valence-corrected chi connectivity index (χ1v) is 9.11. The highest BCUT2D eigenvalue weighted by atomic mass is 32.2. The van der Waals surface area contributed by atoms with E-state index in [1.54, 1.807) is 6.92 Å². The second-order valence-electron chi connectivity index (χ2n) is 4.03. The van der Waals surface area contributed by atoms with Gasteiger partial charge < -0.3 is 5.32 Å². The second-order valence-corrected chi connectivity index (χ2v) is 7.81. The summed E-state index contributed by atoms with van der Waals surface area (Å²) in [6.45, 7) is 1.70. The molecule has 0 spiro atoms. The molecule has 0 radical (unpaired) electrons. The summed E-state index contributed by atoms with van der Waals surface area (Å²) in [5.74, 6) is -0.463. The quantitative estimate of drug-likeness (QED) is 0.734. The lowest BCUT2D eigenvalue weighted by atomic mass is 10.4. The second kappa shape index (κ2) is 6.33. The first-order chi connectivity index (χ1) is 9.16. The Morgan fingerprint density at radius 1 is 1.15 bits per heavy atom. The third-order valence-corrected chi connectivity index (χ3v) is 4.85. The number of sulfonamides is 1. The molecule has 0 aromatic heterocycles. The van der Waals surface area contributed by atoms with Gasteiger partial charge in [-0.2, -0.15) is 0 Å². The Morgan fingerprint density at radius 2 is 1.75 bits per heavy atom. The van der Waals surface area contributed by atoms with Gasteiger partial charge in [0.15, 0.2) is 9.84 Å². The number of hydrogen-bond donors (Lipinski definition) is 2. The molecule has 0 fully saturated rings. The van der Waals surface area contributed by atoms with Crippen molar-refractivity contribution in [2.24, 2.45) is 0 Å². The Kier molecular flexibility index (Phi) is 5.26. The first kappa shape index (κ1) is 16.6. The fraction of sp³-hybridized carbons (Fsp3) is 0.364. The van der Waals surface area contributed by atoms with E-state index in [2.05, 4.69) is 10.0 Å². The normalized spacial score (nSPS) is 12.1. The van der Waals surface area contributed by atoms with Crippen LogP contribution in [0.3, 0.4) is 0 Å². The van der Waals surface area contributed by atoms with Gasteiger partial charge in [0.05, 0.1) is 16.3 Å². The molecule has 0 aliphatic heterocycles. The topological polar surface area (TPSA) is 109 Å². The van der Waals surface area contributed by atoms with E-state index in [0.717, 1.165) is 12.3 Å². The van der Waals surface area contributed by atoms with E-state index >= 15 is 0 Å². The molecule has 0 aliphatic carbocycles. The lowest BCUT2D eigenvalue weighted by Crippen LogP contribution is -2.36. The van der Waals surface area contributed by atoms with E-state index < -0.39 is 32.3 Å². The molecule has 0 heterocycles. The SMILES string of the molecule is CCNC(=O)CNS(=O)(=O)c1cccc(S(C)(=O)=O)c1. The molecule has 1 aromatic carbocycles. The van der Waals surface area contributed by atoms with Crippen molar-refractivity contribution in [1.29, 1.82) is 0 Å². The van der Waals surface area contributed by atoms with E-state index in [9.17, 15) is 21.6 Å². The highest BCUT2D eigenvalue weighted by Gasteiger charge is 2.17. The molecular weight excluding hydrogens is 304 g/mol. The first-order valence-electron chi connectivity index (χ1n) is 5.73. The van der Waals surface area contributed by atoms with Crippen LogP contribution in [0.5, 0.6) is 0 Å². The smallest absolute Gasteiger partial charge is 0.241 e. The number of amides is 1. The van der Waals surface area contributed by atoms with Gasteiger partial charge in [-0.15, -0.1) is 0 Å². The van der Waals surface area contributed by atoms with Gasteiger partial charge in [0.25, 0.3) is 0 Å². The molecule has 9 heteroatoms. The molecule has 0 aliphatic rings. The summed E-state index contributed by atoms with van der Waals surface area (Å²) in [5, 5.41) is 2.44. The molecule has 0 unspecified atom stereocenters. The minimum atomic E-state index is -3.93. The predicted molar refractivity (Wildman–Crippen MR) is 73.4 cm³/mol. The van der Waals surface area contributed by atoms with Gasteiger partial charge in [0.1, 0.15) is 0 Å². The highest BCUT2D eigenvalue weighted by Crippen LogP contribution is 2.15. The molecule has 1 rings (SSSR count). The molecule has 0 atom stereocenters. The van der Waals surface area contributed by atoms with Crippen LogP contribution < -0.4 is 10.0 Å². The van der Waals surface area contributed by atoms with Crippen molar-refractivity contribution in [1.82, 2.24) is 10.0 Å². The summed E-state index contributed by atoms with van der Waals surface area (Å²) in [5.41, 5.74) is 0. The summed E-state index contributed by atoms with van der Waals surface area (Å²) in [6, 6.07) is 4.94. The predicted octanol–water partition coefficient (Wildman–Crippen LogP) is -0.495. The minimum absolute atomic E-state index is 0.0987. The third-order valence-electron chi connectivity index (χ3n) is 2.34. The maximum absolute atomic E-state index is 11.9. The summed E-state index contributed by atoms with van der Waals surface area (Å²) in [6.07, 6.45) is 0.987. The molecule has 7 nitrogen and oxygen atoms in total. The Bertz CT molecular complexity index is 695. The van der Waals surface area contributed by atoms with Crippen LogP contribution in [0.2, 0.25) is 0 Å². The fourth-order valence-electron chi connectivity index (χ4n) is 1.38. The standard InChI is InChI=1S/C11H16N2O5S2/c1-3-12-11(14)8-13-20(17,18)10-6-4-5-9(7-10)19(2,15)16/h4-7,13H,3,8H2,1-2H3,(H,12,14). The van der Waals surface area contributed by atoms with Gasteiger partial charge in [0, 0.05) is 12.8 Å². The zero-order valence-corrected chi connectivity index (χ0v) is 12.7. The Hall–Kier alpha value is -1.45. The summed E-state index contributed by atoms with van der Waals surface area (Å²) < 4.78 is 48.7. The molecule has 1 aromatic rings. The van der Waals surface area contributed by atoms with Crippen LogP contribution in [-0.2, 0) is 24.7 Å². The molecule has 2 N–H and O–H groups in total. The average molecular weight is 320 g/mol. The van der Waals surface area contributed by atoms with Crippen LogP contribution in [0.4, 0.5) is 0 Å². The van der Waals surface area contributed by atoms with Gasteiger partial charge in [-0.1, -0.05) is 6.07 Å². The van der Waals surface area contributed by atoms with E-state index in [4.69, 9.17) is 0 Å². The van der Waals surface area contributed by atoms with Crippen molar-refractivity contribution in [2.75, 3.05) is 19.3 Å². The molecule has 0 saturated heterocycles. The maximum atomic E-state index is 11.9. The molecule has 20 heavy (non-hydrogen) atoms. The summed E-state index contributed by atoms with van der Waals surface area (Å²) >= 11 is 0. The van der Waals surface area contributed by atoms with Gasteiger partial charge in [-0.25, -0.2) is 21.6 Å². The lowest BCUT2D eigenvalue weighted by Gasteiger charge is -2.07. The highest BCUT2D eigenvalue weighted by molar-refractivity contribution is 7.91. The van der Waals surface area contributed by atoms with Crippen molar-refractivity contribution in [3.8, 4) is 0 Å². The zero-order chi connectivity index (χ0) is 15.4. The van der Waals surface area contributed by atoms with Crippen LogP contribution >= 0.6 is 0 Å². The maximum Gasteiger partial charge on any atom is 0.241 e. The number of benzene rings is 1. The molecule has 0 bridgehead atoms. The summed E-state index contributed by atoms with van der Waals surface area (Å²) in [4.78, 5) is 10.9. The average Bonchev–Trinajstić information content (AvgIpc) is 2.36. The Labute approximate surface area is 118 Å². The van der Waals surface area contributed by atoms with Crippen molar-refractivity contribution in [3.63, 3.8) is 0 Å². The van der Waals surface area contributed by atoms with Gasteiger partial charge in [0.2, 0.25) is 15.9 Å². The number of rotatable bonds is 6. The van der Waals surface area contributed by atoms with Crippen molar-refractivity contribution in [3.05, 3.63) is 24.3 Å². The van der Waals surface area contributed by atoms with E-state index in [1.165, 1.54) is 18.2 Å². The number of nitrogens with one attached hydrogen (secondary N) is 2. The Morgan fingerprint density at radius 3 is 2.30 bits per heavy atom. The van der Waals surface area contributed by atoms with Crippen LogP contribution in [0.1, 0.15) is 6.92 Å². The molecule has 112 valence electrons. The van der Waals surface area contributed by atoms with Crippen LogP contribution in [0.15, 0.2) is 34.1 Å². The van der Waals surface area contributed by atoms with Crippen molar-refractivity contribution >= 4 is 25.8 Å². The monoisotopic (exact) mass is 320 g/mol. The number of carbonyl (C=O) groups is 1. The fourth-order valence-corrected chi connectivity index (χ4v) is 3.14. The van der Waals surface area contributed by atoms with Crippen LogP contribution in [0, 0.1) is 0 Å². The van der Waals surface area contributed by atoms with Crippen LogP contribution in [-0.4, -0.2) is 42.1 Å². The molecule has 0 saturated carbocycles. The van der Waals surface area contributed by atoms with E-state index in [0.29, 0.717) is 6.54 Å². The third kappa shape index (κ3) is 4.58. The molecular formula is C11H16N2O5S2. The van der Waals surface area contributed by atoms with Crippen molar-refractivity contribution in [2.45, 2.75) is 16.7 Å². The van der Waals surface area contributed by atoms with E-state index in [-0.39, 0.29) is 9.79 Å². The Balaban J connectivity index is 2.96. The van der Waals surface area contributed by atoms with E-state index in [1.807, 2.05) is 0 Å². The summed E-state index contributed by atoms with van der Waals surface area (Å²) in [7, 11) is -7.43. The number of carbonyl (C=O) groups excluding carboxylic acids is 1. The largest absolute Gasteiger partial charge is 0.355 e. The van der Waals surface area contributed by atoms with Crippen molar-refractivity contribution < 1.29 is 21.6 Å². The number of likely N-dealkylation sites (N-methyl/N-ethyl adjacent to an activating group) is 1. The van der Waals surface area contributed by atoms with Crippen LogP contribution in [0.25, 0.3) is 0 Å². The van der Waals surface area contributed by atoms with Gasteiger partial charge in [-0.3, -0.25) is 4.79 Å². The van der Waals surface area contributed by atoms with Gasteiger partial charge in [-0.05, 0) is 25.1 Å². The number of hydrogen-bond acceptors (Lipinski definition) is 5. The number of sulfone groups is 1. The molecule has 1 amide bonds. The van der Waals surface area contributed by atoms with Gasteiger partial charge >= 0.3 is 0 Å². The lowest BCUT2D eigenvalue weighted by molar-refractivity contribution is -0.119. The zero-order valence-electron chi connectivity index (χ0n) is 11.1.